The zero-order valence-corrected chi connectivity index (χ0v) is 16.8. The van der Waals surface area contributed by atoms with Crippen molar-refractivity contribution in [1.29, 1.82) is 0 Å². The fourth-order valence-electron chi connectivity index (χ4n) is 3.38. The molecular weight excluding hydrogens is 320 g/mol. The largest absolute Gasteiger partial charge is 0.448 e. The van der Waals surface area contributed by atoms with Gasteiger partial charge >= 0.3 is 6.09 Å². The van der Waals surface area contributed by atoms with Gasteiger partial charge in [0.2, 0.25) is 0 Å². The summed E-state index contributed by atoms with van der Waals surface area (Å²) in [4.78, 5) is 16.2. The lowest BCUT2D eigenvalue weighted by molar-refractivity contribution is 0.0202. The summed E-state index contributed by atoms with van der Waals surface area (Å²) in [7, 11) is 1.70. The van der Waals surface area contributed by atoms with Crippen molar-refractivity contribution in [2.45, 2.75) is 71.6 Å². The molecule has 0 saturated carbocycles. The number of fused-ring (bicyclic) bond motifs is 1. The Kier molecular flexibility index (Phi) is 11.1. The highest BCUT2D eigenvalue weighted by atomic mass is 16.6. The van der Waals surface area contributed by atoms with Crippen LogP contribution in [0.4, 0.5) is 4.79 Å². The van der Waals surface area contributed by atoms with Gasteiger partial charge in [-0.1, -0.05) is 13.8 Å². The van der Waals surface area contributed by atoms with Gasteiger partial charge in [-0.3, -0.25) is 4.90 Å². The van der Waals surface area contributed by atoms with Crippen LogP contribution in [0.15, 0.2) is 0 Å². The maximum absolute atomic E-state index is 11.9. The Hall–Kier alpha value is -0.850. The van der Waals surface area contributed by atoms with Gasteiger partial charge in [-0.25, -0.2) is 4.79 Å². The van der Waals surface area contributed by atoms with Crippen LogP contribution in [0.5, 0.6) is 0 Å². The second-order valence-electron chi connectivity index (χ2n) is 6.73. The van der Waals surface area contributed by atoms with Crippen LogP contribution in [-0.2, 0) is 14.2 Å². The molecule has 0 bridgehead atoms. The molecule has 25 heavy (non-hydrogen) atoms. The van der Waals surface area contributed by atoms with Gasteiger partial charge in [0, 0.05) is 32.3 Å². The molecule has 3 fully saturated rings. The van der Waals surface area contributed by atoms with E-state index >= 15 is 0 Å². The van der Waals surface area contributed by atoms with E-state index in [0.717, 1.165) is 6.04 Å². The molecule has 0 spiro atoms. The molecule has 3 aliphatic heterocycles. The highest BCUT2D eigenvalue weighted by Gasteiger charge is 2.37. The van der Waals surface area contributed by atoms with Crippen molar-refractivity contribution in [2.24, 2.45) is 0 Å². The van der Waals surface area contributed by atoms with Crippen molar-refractivity contribution in [2.75, 3.05) is 46.6 Å². The van der Waals surface area contributed by atoms with Crippen molar-refractivity contribution in [3.8, 4) is 0 Å². The van der Waals surface area contributed by atoms with E-state index in [1.165, 1.54) is 32.2 Å². The molecule has 6 nitrogen and oxygen atoms in total. The molecule has 2 unspecified atom stereocenters. The molecule has 2 atom stereocenters. The Morgan fingerprint density at radius 3 is 2.36 bits per heavy atom. The Morgan fingerprint density at radius 1 is 1.12 bits per heavy atom. The van der Waals surface area contributed by atoms with Gasteiger partial charge in [0.1, 0.15) is 6.61 Å². The molecule has 0 aromatic carbocycles. The number of ether oxygens (including phenoxy) is 3. The molecule has 3 saturated heterocycles. The normalized spacial score (nSPS) is 25.6. The summed E-state index contributed by atoms with van der Waals surface area (Å²) in [6.07, 6.45) is 5.31. The van der Waals surface area contributed by atoms with Gasteiger partial charge in [-0.05, 0) is 46.1 Å². The molecule has 6 heteroatoms. The summed E-state index contributed by atoms with van der Waals surface area (Å²) in [5.74, 6) is 0. The molecular formula is C19H38N2O4. The van der Waals surface area contributed by atoms with Gasteiger partial charge in [0.15, 0.2) is 0 Å². The summed E-state index contributed by atoms with van der Waals surface area (Å²) in [5, 5.41) is 0. The fourth-order valence-corrected chi connectivity index (χ4v) is 3.38. The van der Waals surface area contributed by atoms with Gasteiger partial charge in [-0.15, -0.1) is 0 Å². The van der Waals surface area contributed by atoms with E-state index in [1.807, 2.05) is 27.7 Å². The first-order valence-corrected chi connectivity index (χ1v) is 9.89. The minimum atomic E-state index is -0.166. The average Bonchev–Trinajstić information content (AvgIpc) is 3.27. The van der Waals surface area contributed by atoms with E-state index in [2.05, 4.69) is 4.90 Å². The van der Waals surface area contributed by atoms with Crippen LogP contribution < -0.4 is 0 Å². The second kappa shape index (κ2) is 12.5. The van der Waals surface area contributed by atoms with Gasteiger partial charge in [0.05, 0.1) is 19.3 Å². The van der Waals surface area contributed by atoms with Crippen molar-refractivity contribution in [3.63, 3.8) is 0 Å². The lowest BCUT2D eigenvalue weighted by Crippen LogP contribution is -2.43. The first-order chi connectivity index (χ1) is 12.1. The third kappa shape index (κ3) is 7.50. The topological polar surface area (TPSA) is 51.2 Å². The summed E-state index contributed by atoms with van der Waals surface area (Å²) in [5.41, 5.74) is 0. The smallest absolute Gasteiger partial charge is 0.409 e. The van der Waals surface area contributed by atoms with Crippen LogP contribution in [0.3, 0.4) is 0 Å². The van der Waals surface area contributed by atoms with Gasteiger partial charge < -0.3 is 19.1 Å². The molecule has 1 amide bonds. The number of hydrogen-bond acceptors (Lipinski definition) is 5. The number of nitrogens with zero attached hydrogens (tertiary/aromatic N) is 2. The summed E-state index contributed by atoms with van der Waals surface area (Å²) in [6.45, 7) is 12.3. The molecule has 0 N–H and O–H groups in total. The van der Waals surface area contributed by atoms with E-state index in [9.17, 15) is 4.79 Å². The van der Waals surface area contributed by atoms with E-state index in [1.54, 1.807) is 12.0 Å². The summed E-state index contributed by atoms with van der Waals surface area (Å²) < 4.78 is 15.4. The number of carbonyl (C=O) groups is 1. The Balaban J connectivity index is 0.000000388. The number of carbonyl (C=O) groups excluding carboxylic acids is 1. The Morgan fingerprint density at radius 2 is 1.76 bits per heavy atom. The lowest BCUT2D eigenvalue weighted by atomic mass is 10.1. The highest BCUT2D eigenvalue weighted by Crippen LogP contribution is 2.32. The van der Waals surface area contributed by atoms with Crippen molar-refractivity contribution in [1.82, 2.24) is 9.80 Å². The molecule has 3 aliphatic rings. The third-order valence-electron chi connectivity index (χ3n) is 4.86. The first kappa shape index (κ1) is 22.2. The van der Waals surface area contributed by atoms with Crippen LogP contribution in [0, 0.1) is 0 Å². The van der Waals surface area contributed by atoms with Crippen molar-refractivity contribution >= 4 is 6.09 Å². The molecule has 148 valence electrons. The van der Waals surface area contributed by atoms with E-state index in [4.69, 9.17) is 14.2 Å². The monoisotopic (exact) mass is 358 g/mol. The predicted molar refractivity (Wildman–Crippen MR) is 100.0 cm³/mol. The second-order valence-corrected chi connectivity index (χ2v) is 6.73. The molecule has 0 aromatic heterocycles. The van der Waals surface area contributed by atoms with Crippen LogP contribution in [0.1, 0.15) is 53.4 Å². The number of methoxy groups -OCH3 is 1. The Bertz CT molecular complexity index is 359. The number of hydrogen-bond donors (Lipinski definition) is 0. The SMILES string of the molecule is CC.COC(C)C.O=C(OCC1CCC2CCCN21)N1CCOCC1. The van der Waals surface area contributed by atoms with Crippen LogP contribution >= 0.6 is 0 Å². The lowest BCUT2D eigenvalue weighted by Gasteiger charge is -2.28. The van der Waals surface area contributed by atoms with Crippen molar-refractivity contribution in [3.05, 3.63) is 0 Å². The predicted octanol–water partition coefficient (Wildman–Crippen LogP) is 3.15. The molecule has 0 radical (unpaired) electrons. The van der Waals surface area contributed by atoms with Crippen LogP contribution in [-0.4, -0.2) is 80.6 Å². The van der Waals surface area contributed by atoms with Gasteiger partial charge in [-0.2, -0.15) is 0 Å². The molecule has 3 rings (SSSR count). The minimum Gasteiger partial charge on any atom is -0.448 e. The number of amides is 1. The van der Waals surface area contributed by atoms with E-state index < -0.39 is 0 Å². The summed E-state index contributed by atoms with van der Waals surface area (Å²) in [6, 6.07) is 1.22. The minimum absolute atomic E-state index is 0.166. The molecule has 0 aromatic rings. The maximum Gasteiger partial charge on any atom is 0.409 e. The Labute approximate surface area is 153 Å². The van der Waals surface area contributed by atoms with E-state index in [-0.39, 0.29) is 6.09 Å². The van der Waals surface area contributed by atoms with E-state index in [0.29, 0.717) is 45.1 Å². The molecule has 0 aliphatic carbocycles. The standard InChI is InChI=1S/C13H22N2O3.C4H10O.C2H6/c16-13(14-6-8-17-9-7-14)18-10-12-4-3-11-2-1-5-15(11)12;1-4(2)5-3;1-2/h11-12H,1-10H2;4H,1-3H3;1-2H3. The maximum atomic E-state index is 11.9. The van der Waals surface area contributed by atoms with Crippen LogP contribution in [0.25, 0.3) is 0 Å². The van der Waals surface area contributed by atoms with Gasteiger partial charge in [0.25, 0.3) is 0 Å². The first-order valence-electron chi connectivity index (χ1n) is 9.89. The third-order valence-corrected chi connectivity index (χ3v) is 4.86. The van der Waals surface area contributed by atoms with Crippen LogP contribution in [0.2, 0.25) is 0 Å². The van der Waals surface area contributed by atoms with Crippen molar-refractivity contribution < 1.29 is 19.0 Å². The average molecular weight is 359 g/mol. The molecule has 3 heterocycles. The quantitative estimate of drug-likeness (QED) is 0.776. The fraction of sp³-hybridized carbons (Fsp3) is 0.947. The highest BCUT2D eigenvalue weighted by molar-refractivity contribution is 5.67. The zero-order valence-electron chi connectivity index (χ0n) is 16.8. The number of morpholine rings is 1. The number of rotatable bonds is 3. The zero-order chi connectivity index (χ0) is 18.7. The summed E-state index contributed by atoms with van der Waals surface area (Å²) >= 11 is 0.